The van der Waals surface area contributed by atoms with E-state index in [-0.39, 0.29) is 28.2 Å². The largest absolute Gasteiger partial charge is 0.348 e. The molecule has 88 valence electrons. The summed E-state index contributed by atoms with van der Waals surface area (Å²) < 4.78 is 0. The fourth-order valence-corrected chi connectivity index (χ4v) is 1.15. The average molecular weight is 242 g/mol. The predicted octanol–water partition coefficient (Wildman–Crippen LogP) is 2.29. The molecular weight excluding hydrogens is 226 g/mol. The summed E-state index contributed by atoms with van der Waals surface area (Å²) in [6.45, 7) is 8.10. The van der Waals surface area contributed by atoms with Crippen molar-refractivity contribution in [2.75, 3.05) is 0 Å². The summed E-state index contributed by atoms with van der Waals surface area (Å²) in [5.74, 6) is -0.291. The van der Waals surface area contributed by atoms with Gasteiger partial charge in [0.25, 0.3) is 5.91 Å². The molecule has 0 bridgehead atoms. The van der Waals surface area contributed by atoms with Crippen molar-refractivity contribution in [2.45, 2.75) is 33.7 Å². The van der Waals surface area contributed by atoms with Crippen molar-refractivity contribution in [3.63, 3.8) is 0 Å². The fourth-order valence-electron chi connectivity index (χ4n) is 0.955. The van der Waals surface area contributed by atoms with E-state index in [0.29, 0.717) is 0 Å². The molecule has 0 spiro atoms. The predicted molar refractivity (Wildman–Crippen MR) is 63.4 cm³/mol. The maximum atomic E-state index is 11.8. The van der Waals surface area contributed by atoms with Crippen LogP contribution in [0, 0.1) is 5.41 Å². The Morgan fingerprint density at radius 1 is 1.38 bits per heavy atom. The van der Waals surface area contributed by atoms with Crippen LogP contribution in [0.1, 0.15) is 38.2 Å². The first-order valence-corrected chi connectivity index (χ1v) is 5.47. The minimum absolute atomic E-state index is 0.00958. The third-order valence-electron chi connectivity index (χ3n) is 2.52. The molecule has 1 N–H and O–H groups in total. The molecule has 0 aliphatic carbocycles. The van der Waals surface area contributed by atoms with Crippen molar-refractivity contribution in [1.29, 1.82) is 0 Å². The molecule has 0 saturated heterocycles. The number of rotatable bonds is 2. The van der Waals surface area contributed by atoms with Crippen LogP contribution in [-0.4, -0.2) is 21.9 Å². The third-order valence-corrected chi connectivity index (χ3v) is 2.79. The van der Waals surface area contributed by atoms with E-state index in [1.807, 2.05) is 6.92 Å². The van der Waals surface area contributed by atoms with Crippen LogP contribution in [0.5, 0.6) is 0 Å². The first-order valence-electron chi connectivity index (χ1n) is 5.09. The summed E-state index contributed by atoms with van der Waals surface area (Å²) in [6.07, 6.45) is 2.90. The van der Waals surface area contributed by atoms with Gasteiger partial charge in [-0.2, -0.15) is 0 Å². The topological polar surface area (TPSA) is 54.9 Å². The normalized spacial score (nSPS) is 13.3. The van der Waals surface area contributed by atoms with Crippen molar-refractivity contribution in [1.82, 2.24) is 15.3 Å². The summed E-state index contributed by atoms with van der Waals surface area (Å²) >= 11 is 5.78. The zero-order chi connectivity index (χ0) is 12.3. The van der Waals surface area contributed by atoms with Gasteiger partial charge in [0, 0.05) is 18.4 Å². The highest BCUT2D eigenvalue weighted by Gasteiger charge is 2.23. The zero-order valence-electron chi connectivity index (χ0n) is 9.91. The second-order valence-electron chi connectivity index (χ2n) is 4.76. The van der Waals surface area contributed by atoms with Crippen LogP contribution in [0.3, 0.4) is 0 Å². The Morgan fingerprint density at radius 2 is 1.94 bits per heavy atom. The molecule has 1 aromatic heterocycles. The molecule has 1 rings (SSSR count). The van der Waals surface area contributed by atoms with Crippen molar-refractivity contribution in [2.24, 2.45) is 5.41 Å². The van der Waals surface area contributed by atoms with Crippen LogP contribution in [0.2, 0.25) is 5.15 Å². The Labute approximate surface area is 100 Å². The van der Waals surface area contributed by atoms with E-state index in [4.69, 9.17) is 11.6 Å². The van der Waals surface area contributed by atoms with Crippen LogP contribution >= 0.6 is 11.6 Å². The van der Waals surface area contributed by atoms with Crippen LogP contribution in [0.25, 0.3) is 0 Å². The van der Waals surface area contributed by atoms with Crippen molar-refractivity contribution in [3.05, 3.63) is 23.2 Å². The number of halogens is 1. The lowest BCUT2D eigenvalue weighted by Crippen LogP contribution is -2.41. The highest BCUT2D eigenvalue weighted by molar-refractivity contribution is 6.32. The molecule has 1 amide bonds. The molecular formula is C11H16ClN3O. The SMILES string of the molecule is CC(NC(=O)c1nccnc1Cl)C(C)(C)C. The highest BCUT2D eigenvalue weighted by atomic mass is 35.5. The van der Waals surface area contributed by atoms with Gasteiger partial charge in [-0.25, -0.2) is 9.97 Å². The molecule has 0 aliphatic heterocycles. The van der Waals surface area contributed by atoms with E-state index in [9.17, 15) is 4.79 Å². The van der Waals surface area contributed by atoms with Gasteiger partial charge in [-0.1, -0.05) is 32.4 Å². The van der Waals surface area contributed by atoms with E-state index >= 15 is 0 Å². The highest BCUT2D eigenvalue weighted by Crippen LogP contribution is 2.19. The molecule has 1 atom stereocenters. The molecule has 0 saturated carbocycles. The minimum atomic E-state index is -0.291. The number of aromatic nitrogens is 2. The van der Waals surface area contributed by atoms with Crippen LogP contribution in [-0.2, 0) is 0 Å². The number of amides is 1. The van der Waals surface area contributed by atoms with Gasteiger partial charge in [0.2, 0.25) is 0 Å². The van der Waals surface area contributed by atoms with Gasteiger partial charge in [-0.05, 0) is 12.3 Å². The molecule has 0 radical (unpaired) electrons. The number of carbonyl (C=O) groups is 1. The maximum absolute atomic E-state index is 11.8. The Hall–Kier alpha value is -1.16. The summed E-state index contributed by atoms with van der Waals surface area (Å²) in [6, 6.07) is 0.0260. The average Bonchev–Trinajstić information content (AvgIpc) is 2.16. The maximum Gasteiger partial charge on any atom is 0.273 e. The van der Waals surface area contributed by atoms with Gasteiger partial charge in [-0.15, -0.1) is 0 Å². The second-order valence-corrected chi connectivity index (χ2v) is 5.11. The first-order chi connectivity index (χ1) is 7.32. The third kappa shape index (κ3) is 3.17. The van der Waals surface area contributed by atoms with Gasteiger partial charge in [-0.3, -0.25) is 4.79 Å². The van der Waals surface area contributed by atoms with Crippen molar-refractivity contribution >= 4 is 17.5 Å². The molecule has 1 unspecified atom stereocenters. The molecule has 0 aromatic carbocycles. The van der Waals surface area contributed by atoms with Gasteiger partial charge >= 0.3 is 0 Å². The number of nitrogens with one attached hydrogen (secondary N) is 1. The number of nitrogens with zero attached hydrogens (tertiary/aromatic N) is 2. The smallest absolute Gasteiger partial charge is 0.273 e. The van der Waals surface area contributed by atoms with Crippen LogP contribution < -0.4 is 5.32 Å². The van der Waals surface area contributed by atoms with E-state index in [1.54, 1.807) is 0 Å². The van der Waals surface area contributed by atoms with Gasteiger partial charge < -0.3 is 5.32 Å². The lowest BCUT2D eigenvalue weighted by molar-refractivity contribution is 0.0905. The quantitative estimate of drug-likeness (QED) is 0.865. The van der Waals surface area contributed by atoms with Crippen LogP contribution in [0.15, 0.2) is 12.4 Å². The van der Waals surface area contributed by atoms with Crippen LogP contribution in [0.4, 0.5) is 0 Å². The summed E-state index contributed by atoms with van der Waals surface area (Å²) in [5.41, 5.74) is 0.157. The van der Waals surface area contributed by atoms with E-state index in [2.05, 4.69) is 36.1 Å². The molecule has 5 heteroatoms. The van der Waals surface area contributed by atoms with E-state index in [0.717, 1.165) is 0 Å². The molecule has 1 aromatic rings. The number of carbonyl (C=O) groups excluding carboxylic acids is 1. The van der Waals surface area contributed by atoms with E-state index < -0.39 is 0 Å². The van der Waals surface area contributed by atoms with Gasteiger partial charge in [0.15, 0.2) is 10.8 Å². The van der Waals surface area contributed by atoms with Gasteiger partial charge in [0.05, 0.1) is 0 Å². The molecule has 1 heterocycles. The lowest BCUT2D eigenvalue weighted by Gasteiger charge is -2.27. The number of hydrogen-bond donors (Lipinski definition) is 1. The second kappa shape index (κ2) is 4.78. The Bertz CT molecular complexity index is 387. The summed E-state index contributed by atoms with van der Waals surface area (Å²) in [5, 5.41) is 2.98. The number of hydrogen-bond acceptors (Lipinski definition) is 3. The molecule has 16 heavy (non-hydrogen) atoms. The molecule has 0 aliphatic rings. The molecule has 0 fully saturated rings. The lowest BCUT2D eigenvalue weighted by atomic mass is 9.88. The summed E-state index contributed by atoms with van der Waals surface area (Å²) in [4.78, 5) is 19.5. The fraction of sp³-hybridized carbons (Fsp3) is 0.545. The van der Waals surface area contributed by atoms with Gasteiger partial charge in [0.1, 0.15) is 0 Å². The first kappa shape index (κ1) is 12.9. The monoisotopic (exact) mass is 241 g/mol. The van der Waals surface area contributed by atoms with Crippen molar-refractivity contribution < 1.29 is 4.79 Å². The minimum Gasteiger partial charge on any atom is -0.348 e. The molecule has 4 nitrogen and oxygen atoms in total. The van der Waals surface area contributed by atoms with Crippen molar-refractivity contribution in [3.8, 4) is 0 Å². The Balaban J connectivity index is 2.78. The Morgan fingerprint density at radius 3 is 2.44 bits per heavy atom. The standard InChI is InChI=1S/C11H16ClN3O/c1-7(11(2,3)4)15-10(16)8-9(12)14-6-5-13-8/h5-7H,1-4H3,(H,15,16). The zero-order valence-corrected chi connectivity index (χ0v) is 10.7. The summed E-state index contributed by atoms with van der Waals surface area (Å²) in [7, 11) is 0. The Kier molecular flexibility index (Phi) is 3.86. The van der Waals surface area contributed by atoms with E-state index in [1.165, 1.54) is 12.4 Å².